The zero-order chi connectivity index (χ0) is 17.8. The average Bonchev–Trinajstić information content (AvgIpc) is 2.94. The summed E-state index contributed by atoms with van der Waals surface area (Å²) >= 11 is 0. The van der Waals surface area contributed by atoms with Crippen molar-refractivity contribution in [3.8, 4) is 0 Å². The van der Waals surface area contributed by atoms with E-state index in [0.717, 1.165) is 63.0 Å². The van der Waals surface area contributed by atoms with Crippen molar-refractivity contribution in [3.05, 3.63) is 17.2 Å². The third-order valence-corrected chi connectivity index (χ3v) is 5.12. The molecule has 3 rings (SSSR count). The standard InChI is InChI=1S/C18H28N4O3/c1-3-19-18(24)21-13-7-9-14(10-8-13)25-17(23)16-15-6-4-5-11-22(15)12(2)20-16/h13-14H,3-11H2,1-2H3,(H2,19,21,24). The van der Waals surface area contributed by atoms with E-state index in [1.807, 2.05) is 13.8 Å². The van der Waals surface area contributed by atoms with Crippen molar-refractivity contribution in [1.29, 1.82) is 0 Å². The van der Waals surface area contributed by atoms with Crippen molar-refractivity contribution in [1.82, 2.24) is 20.2 Å². The van der Waals surface area contributed by atoms with Crippen LogP contribution in [0.25, 0.3) is 0 Å². The minimum atomic E-state index is -0.293. The third kappa shape index (κ3) is 4.14. The predicted octanol–water partition coefficient (Wildman–Crippen LogP) is 2.31. The average molecular weight is 348 g/mol. The molecule has 0 unspecified atom stereocenters. The number of nitrogens with one attached hydrogen (secondary N) is 2. The maximum Gasteiger partial charge on any atom is 0.359 e. The fourth-order valence-corrected chi connectivity index (χ4v) is 3.81. The first-order chi connectivity index (χ1) is 12.1. The van der Waals surface area contributed by atoms with Gasteiger partial charge in [0.05, 0.1) is 5.69 Å². The van der Waals surface area contributed by atoms with Crippen molar-refractivity contribution in [2.24, 2.45) is 0 Å². The summed E-state index contributed by atoms with van der Waals surface area (Å²) in [6, 6.07) is 0.0344. The van der Waals surface area contributed by atoms with Crippen LogP contribution in [0.5, 0.6) is 0 Å². The van der Waals surface area contributed by atoms with Gasteiger partial charge in [0.1, 0.15) is 11.9 Å². The molecule has 7 nitrogen and oxygen atoms in total. The highest BCUT2D eigenvalue weighted by atomic mass is 16.5. The maximum absolute atomic E-state index is 12.6. The van der Waals surface area contributed by atoms with Crippen LogP contribution in [0.2, 0.25) is 0 Å². The van der Waals surface area contributed by atoms with Crippen LogP contribution in [0.4, 0.5) is 4.79 Å². The van der Waals surface area contributed by atoms with Gasteiger partial charge >= 0.3 is 12.0 Å². The molecule has 138 valence electrons. The van der Waals surface area contributed by atoms with Crippen LogP contribution in [0, 0.1) is 6.92 Å². The number of carbonyl (C=O) groups excluding carboxylic acids is 2. The second kappa shape index (κ2) is 7.89. The lowest BCUT2D eigenvalue weighted by atomic mass is 9.93. The van der Waals surface area contributed by atoms with Crippen molar-refractivity contribution >= 4 is 12.0 Å². The summed E-state index contributed by atoms with van der Waals surface area (Å²) in [6.07, 6.45) is 6.26. The molecule has 7 heteroatoms. The molecular formula is C18H28N4O3. The molecule has 1 aliphatic heterocycles. The number of imidazole rings is 1. The van der Waals surface area contributed by atoms with E-state index < -0.39 is 0 Å². The van der Waals surface area contributed by atoms with E-state index in [4.69, 9.17) is 4.74 Å². The van der Waals surface area contributed by atoms with E-state index in [1.54, 1.807) is 0 Å². The first-order valence-corrected chi connectivity index (χ1v) is 9.39. The molecule has 2 amide bonds. The molecule has 1 aromatic rings. The number of fused-ring (bicyclic) bond motifs is 1. The van der Waals surface area contributed by atoms with Gasteiger partial charge in [-0.1, -0.05) is 0 Å². The van der Waals surface area contributed by atoms with Gasteiger partial charge in [-0.15, -0.1) is 0 Å². The normalized spacial score (nSPS) is 22.8. The van der Waals surface area contributed by atoms with Crippen molar-refractivity contribution in [2.45, 2.75) is 77.5 Å². The van der Waals surface area contributed by atoms with Crippen LogP contribution >= 0.6 is 0 Å². The number of amides is 2. The Labute approximate surface area is 148 Å². The number of nitrogens with zero attached hydrogens (tertiary/aromatic N) is 2. The number of carbonyl (C=O) groups is 2. The highest BCUT2D eigenvalue weighted by molar-refractivity contribution is 5.89. The number of rotatable bonds is 4. The van der Waals surface area contributed by atoms with E-state index in [2.05, 4.69) is 20.2 Å². The molecule has 2 aliphatic rings. The Morgan fingerprint density at radius 3 is 2.72 bits per heavy atom. The summed E-state index contributed by atoms with van der Waals surface area (Å²) in [6.45, 7) is 5.40. The number of hydrogen-bond donors (Lipinski definition) is 2. The molecule has 1 saturated carbocycles. The van der Waals surface area contributed by atoms with Crippen LogP contribution in [0.1, 0.15) is 67.5 Å². The predicted molar refractivity (Wildman–Crippen MR) is 93.6 cm³/mol. The second-order valence-electron chi connectivity index (χ2n) is 6.95. The molecule has 0 aromatic carbocycles. The molecule has 25 heavy (non-hydrogen) atoms. The minimum Gasteiger partial charge on any atom is -0.458 e. The van der Waals surface area contributed by atoms with Gasteiger partial charge in [0.2, 0.25) is 0 Å². The molecule has 2 N–H and O–H groups in total. The maximum atomic E-state index is 12.6. The highest BCUT2D eigenvalue weighted by Crippen LogP contribution is 2.25. The summed E-state index contributed by atoms with van der Waals surface area (Å²) < 4.78 is 7.86. The van der Waals surface area contributed by atoms with Gasteiger partial charge in [0, 0.05) is 19.1 Å². The Balaban J connectivity index is 1.52. The summed E-state index contributed by atoms with van der Waals surface area (Å²) in [5, 5.41) is 5.71. The van der Waals surface area contributed by atoms with Gasteiger partial charge in [0.15, 0.2) is 5.69 Å². The second-order valence-corrected chi connectivity index (χ2v) is 6.95. The van der Waals surface area contributed by atoms with E-state index >= 15 is 0 Å². The molecule has 0 atom stereocenters. The van der Waals surface area contributed by atoms with Crippen LogP contribution in [0.3, 0.4) is 0 Å². The van der Waals surface area contributed by atoms with Gasteiger partial charge in [-0.05, 0) is 58.8 Å². The SMILES string of the molecule is CCNC(=O)NC1CCC(OC(=O)c2nc(C)n3c2CCCC3)CC1. The fourth-order valence-electron chi connectivity index (χ4n) is 3.81. The lowest BCUT2D eigenvalue weighted by Crippen LogP contribution is -2.44. The summed E-state index contributed by atoms with van der Waals surface area (Å²) in [4.78, 5) is 28.6. The zero-order valence-corrected chi connectivity index (χ0v) is 15.1. The molecule has 0 bridgehead atoms. The number of hydrogen-bond acceptors (Lipinski definition) is 4. The van der Waals surface area contributed by atoms with Gasteiger partial charge in [-0.3, -0.25) is 0 Å². The van der Waals surface area contributed by atoms with Crippen LogP contribution in [0.15, 0.2) is 0 Å². The first-order valence-electron chi connectivity index (χ1n) is 9.39. The third-order valence-electron chi connectivity index (χ3n) is 5.12. The molecule has 1 aliphatic carbocycles. The molecule has 0 radical (unpaired) electrons. The summed E-state index contributed by atoms with van der Waals surface area (Å²) in [5.41, 5.74) is 1.53. The lowest BCUT2D eigenvalue weighted by Gasteiger charge is -2.28. The van der Waals surface area contributed by atoms with E-state index in [0.29, 0.717) is 12.2 Å². The van der Waals surface area contributed by atoms with E-state index in [1.165, 1.54) is 0 Å². The first kappa shape index (κ1) is 17.8. The smallest absolute Gasteiger partial charge is 0.359 e. The Morgan fingerprint density at radius 2 is 2.00 bits per heavy atom. The molecular weight excluding hydrogens is 320 g/mol. The van der Waals surface area contributed by atoms with Gasteiger partial charge < -0.3 is 19.9 Å². The van der Waals surface area contributed by atoms with Crippen molar-refractivity contribution in [3.63, 3.8) is 0 Å². The summed E-state index contributed by atoms with van der Waals surface area (Å²) in [7, 11) is 0. The quantitative estimate of drug-likeness (QED) is 0.818. The van der Waals surface area contributed by atoms with Crippen LogP contribution in [-0.2, 0) is 17.7 Å². The van der Waals surface area contributed by atoms with Crippen LogP contribution < -0.4 is 10.6 Å². The Bertz CT molecular complexity index is 633. The van der Waals surface area contributed by atoms with Gasteiger partial charge in [0.25, 0.3) is 0 Å². The van der Waals surface area contributed by atoms with Crippen molar-refractivity contribution < 1.29 is 14.3 Å². The molecule has 1 aromatic heterocycles. The lowest BCUT2D eigenvalue weighted by molar-refractivity contribution is 0.0180. The topological polar surface area (TPSA) is 85.2 Å². The largest absolute Gasteiger partial charge is 0.458 e. The monoisotopic (exact) mass is 348 g/mol. The van der Waals surface area contributed by atoms with E-state index in [9.17, 15) is 9.59 Å². The van der Waals surface area contributed by atoms with Crippen molar-refractivity contribution in [2.75, 3.05) is 6.54 Å². The fraction of sp³-hybridized carbons (Fsp3) is 0.722. The Morgan fingerprint density at radius 1 is 1.24 bits per heavy atom. The zero-order valence-electron chi connectivity index (χ0n) is 15.1. The van der Waals surface area contributed by atoms with Crippen LogP contribution in [-0.4, -0.2) is 40.2 Å². The molecule has 1 fully saturated rings. The number of aryl methyl sites for hydroxylation is 1. The van der Waals surface area contributed by atoms with E-state index in [-0.39, 0.29) is 24.1 Å². The van der Waals surface area contributed by atoms with Gasteiger partial charge in [-0.25, -0.2) is 14.6 Å². The Kier molecular flexibility index (Phi) is 5.60. The molecule has 0 saturated heterocycles. The molecule has 2 heterocycles. The Hall–Kier alpha value is -2.05. The highest BCUT2D eigenvalue weighted by Gasteiger charge is 2.28. The number of esters is 1. The number of aromatic nitrogens is 2. The minimum absolute atomic E-state index is 0.0824. The number of urea groups is 1. The summed E-state index contributed by atoms with van der Waals surface area (Å²) in [5.74, 6) is 0.607. The number of ether oxygens (including phenoxy) is 1. The molecule has 0 spiro atoms. The van der Waals surface area contributed by atoms with Gasteiger partial charge in [-0.2, -0.15) is 0 Å².